The van der Waals surface area contributed by atoms with Crippen LogP contribution in [-0.2, 0) is 6.42 Å². The fourth-order valence-electron chi connectivity index (χ4n) is 2.28. The molecule has 4 nitrogen and oxygen atoms in total. The van der Waals surface area contributed by atoms with Crippen LogP contribution in [0.25, 0.3) is 11.0 Å². The SMILES string of the molecule is O=c1cc(C[C@H](O)c2ccccc2)oc2ccc(O)cc12. The monoisotopic (exact) mass is 282 g/mol. The average Bonchev–Trinajstić information content (AvgIpc) is 2.49. The van der Waals surface area contributed by atoms with Gasteiger partial charge in [-0.3, -0.25) is 4.79 Å². The number of phenols is 1. The highest BCUT2D eigenvalue weighted by Crippen LogP contribution is 2.21. The van der Waals surface area contributed by atoms with Crippen molar-refractivity contribution in [1.82, 2.24) is 0 Å². The van der Waals surface area contributed by atoms with Crippen LogP contribution in [0.5, 0.6) is 5.75 Å². The molecule has 0 saturated heterocycles. The Morgan fingerprint density at radius 3 is 2.57 bits per heavy atom. The van der Waals surface area contributed by atoms with Crippen molar-refractivity contribution in [3.05, 3.63) is 76.1 Å². The minimum Gasteiger partial charge on any atom is -0.508 e. The Balaban J connectivity index is 1.95. The minimum absolute atomic E-state index is 0.0203. The first-order valence-corrected chi connectivity index (χ1v) is 6.62. The van der Waals surface area contributed by atoms with E-state index in [0.717, 1.165) is 5.56 Å². The predicted molar refractivity (Wildman–Crippen MR) is 79.3 cm³/mol. The molecule has 0 unspecified atom stereocenters. The molecule has 0 spiro atoms. The van der Waals surface area contributed by atoms with E-state index in [4.69, 9.17) is 4.42 Å². The molecular formula is C17H14O4. The van der Waals surface area contributed by atoms with Crippen LogP contribution in [0.3, 0.4) is 0 Å². The third kappa shape index (κ3) is 2.80. The molecule has 0 aliphatic carbocycles. The predicted octanol–water partition coefficient (Wildman–Crippen LogP) is 2.77. The number of aliphatic hydroxyl groups is 1. The Hall–Kier alpha value is -2.59. The van der Waals surface area contributed by atoms with Crippen LogP contribution in [0.1, 0.15) is 17.4 Å². The number of benzene rings is 2. The summed E-state index contributed by atoms with van der Waals surface area (Å²) in [6.07, 6.45) is -0.514. The minimum atomic E-state index is -0.732. The van der Waals surface area contributed by atoms with Crippen molar-refractivity contribution < 1.29 is 14.6 Å². The number of fused-ring (bicyclic) bond motifs is 1. The Bertz CT molecular complexity index is 821. The largest absolute Gasteiger partial charge is 0.508 e. The highest BCUT2D eigenvalue weighted by atomic mass is 16.3. The Morgan fingerprint density at radius 2 is 1.81 bits per heavy atom. The van der Waals surface area contributed by atoms with E-state index in [2.05, 4.69) is 0 Å². The lowest BCUT2D eigenvalue weighted by Crippen LogP contribution is -2.06. The van der Waals surface area contributed by atoms with Crippen LogP contribution >= 0.6 is 0 Å². The van der Waals surface area contributed by atoms with Crippen LogP contribution < -0.4 is 5.43 Å². The van der Waals surface area contributed by atoms with Gasteiger partial charge < -0.3 is 14.6 Å². The zero-order valence-corrected chi connectivity index (χ0v) is 11.2. The Kier molecular flexibility index (Phi) is 3.46. The lowest BCUT2D eigenvalue weighted by Gasteiger charge is -2.10. The average molecular weight is 282 g/mol. The van der Waals surface area contributed by atoms with Crippen molar-refractivity contribution in [3.63, 3.8) is 0 Å². The topological polar surface area (TPSA) is 70.7 Å². The summed E-state index contributed by atoms with van der Waals surface area (Å²) in [7, 11) is 0. The Morgan fingerprint density at radius 1 is 1.05 bits per heavy atom. The van der Waals surface area contributed by atoms with Crippen LogP contribution in [0.15, 0.2) is 63.8 Å². The normalized spacial score (nSPS) is 12.4. The molecule has 2 N–H and O–H groups in total. The fourth-order valence-corrected chi connectivity index (χ4v) is 2.28. The Labute approximate surface area is 120 Å². The van der Waals surface area contributed by atoms with Crippen molar-refractivity contribution >= 4 is 11.0 Å². The van der Waals surface area contributed by atoms with Gasteiger partial charge in [0.2, 0.25) is 0 Å². The highest BCUT2D eigenvalue weighted by Gasteiger charge is 2.12. The zero-order chi connectivity index (χ0) is 14.8. The third-order valence-electron chi connectivity index (χ3n) is 3.34. The van der Waals surface area contributed by atoms with Gasteiger partial charge in [-0.25, -0.2) is 0 Å². The number of rotatable bonds is 3. The van der Waals surface area contributed by atoms with Gasteiger partial charge in [0.05, 0.1) is 11.5 Å². The molecular weight excluding hydrogens is 268 g/mol. The van der Waals surface area contributed by atoms with E-state index >= 15 is 0 Å². The molecule has 21 heavy (non-hydrogen) atoms. The van der Waals surface area contributed by atoms with Gasteiger partial charge in [-0.2, -0.15) is 0 Å². The van der Waals surface area contributed by atoms with Crippen LogP contribution in [0, 0.1) is 0 Å². The molecule has 0 amide bonds. The van der Waals surface area contributed by atoms with E-state index in [0.29, 0.717) is 16.7 Å². The summed E-state index contributed by atoms with van der Waals surface area (Å²) in [5, 5.41) is 19.9. The molecule has 0 fully saturated rings. The maximum Gasteiger partial charge on any atom is 0.193 e. The lowest BCUT2D eigenvalue weighted by atomic mass is 10.0. The van der Waals surface area contributed by atoms with Gasteiger partial charge in [-0.1, -0.05) is 30.3 Å². The number of aliphatic hydroxyl groups excluding tert-OH is 1. The molecule has 1 aromatic heterocycles. The number of hydrogen-bond donors (Lipinski definition) is 2. The molecule has 2 aromatic carbocycles. The molecule has 1 atom stereocenters. The van der Waals surface area contributed by atoms with Crippen molar-refractivity contribution in [2.24, 2.45) is 0 Å². The van der Waals surface area contributed by atoms with Crippen molar-refractivity contribution in [1.29, 1.82) is 0 Å². The first-order valence-electron chi connectivity index (χ1n) is 6.62. The number of hydrogen-bond acceptors (Lipinski definition) is 4. The second-order valence-electron chi connectivity index (χ2n) is 4.89. The maximum atomic E-state index is 12.0. The summed E-state index contributed by atoms with van der Waals surface area (Å²) in [5.41, 5.74) is 0.934. The first kappa shape index (κ1) is 13.4. The maximum absolute atomic E-state index is 12.0. The van der Waals surface area contributed by atoms with Gasteiger partial charge >= 0.3 is 0 Å². The summed E-state index contributed by atoms with van der Waals surface area (Å²) in [5.74, 6) is 0.432. The van der Waals surface area contributed by atoms with E-state index in [9.17, 15) is 15.0 Å². The molecule has 4 heteroatoms. The number of phenolic OH excluding ortho intramolecular Hbond substituents is 1. The quantitative estimate of drug-likeness (QED) is 0.775. The summed E-state index contributed by atoms with van der Waals surface area (Å²) in [6, 6.07) is 14.9. The molecule has 3 rings (SSSR count). The zero-order valence-electron chi connectivity index (χ0n) is 11.2. The second-order valence-corrected chi connectivity index (χ2v) is 4.89. The summed E-state index contributed by atoms with van der Waals surface area (Å²) in [4.78, 5) is 12.0. The fraction of sp³-hybridized carbons (Fsp3) is 0.118. The molecule has 106 valence electrons. The van der Waals surface area contributed by atoms with Gasteiger partial charge in [0.15, 0.2) is 5.43 Å². The van der Waals surface area contributed by atoms with E-state index in [1.165, 1.54) is 18.2 Å². The van der Waals surface area contributed by atoms with E-state index < -0.39 is 6.10 Å². The van der Waals surface area contributed by atoms with Gasteiger partial charge in [0.25, 0.3) is 0 Å². The standard InChI is InChI=1S/C17H14O4/c18-12-6-7-17-14(8-12)16(20)10-13(21-17)9-15(19)11-4-2-1-3-5-11/h1-8,10,15,18-19H,9H2/t15-/m0/s1. The second kappa shape index (κ2) is 5.42. The van der Waals surface area contributed by atoms with E-state index in [-0.39, 0.29) is 17.6 Å². The molecule has 0 aliphatic rings. The molecule has 0 bridgehead atoms. The van der Waals surface area contributed by atoms with Crippen molar-refractivity contribution in [3.8, 4) is 5.75 Å². The molecule has 0 aliphatic heterocycles. The smallest absolute Gasteiger partial charge is 0.193 e. The van der Waals surface area contributed by atoms with Gasteiger partial charge in [0.1, 0.15) is 17.1 Å². The molecule has 3 aromatic rings. The summed E-state index contributed by atoms with van der Waals surface area (Å²) in [6.45, 7) is 0. The van der Waals surface area contributed by atoms with Crippen molar-refractivity contribution in [2.75, 3.05) is 0 Å². The molecule has 1 heterocycles. The van der Waals surface area contributed by atoms with Crippen LogP contribution in [0.4, 0.5) is 0 Å². The highest BCUT2D eigenvalue weighted by molar-refractivity contribution is 5.77. The van der Waals surface area contributed by atoms with Crippen LogP contribution in [-0.4, -0.2) is 10.2 Å². The third-order valence-corrected chi connectivity index (χ3v) is 3.34. The van der Waals surface area contributed by atoms with E-state index in [1.54, 1.807) is 6.07 Å². The van der Waals surface area contributed by atoms with Crippen molar-refractivity contribution in [2.45, 2.75) is 12.5 Å². The van der Waals surface area contributed by atoms with E-state index in [1.807, 2.05) is 30.3 Å². The molecule has 0 saturated carbocycles. The van der Waals surface area contributed by atoms with Gasteiger partial charge in [-0.15, -0.1) is 0 Å². The van der Waals surface area contributed by atoms with Crippen LogP contribution in [0.2, 0.25) is 0 Å². The van der Waals surface area contributed by atoms with Gasteiger partial charge in [-0.05, 0) is 23.8 Å². The summed E-state index contributed by atoms with van der Waals surface area (Å²) >= 11 is 0. The number of aromatic hydroxyl groups is 1. The molecule has 0 radical (unpaired) electrons. The van der Waals surface area contributed by atoms with Gasteiger partial charge in [0, 0.05) is 12.5 Å². The summed E-state index contributed by atoms with van der Waals surface area (Å²) < 4.78 is 5.62. The first-order chi connectivity index (χ1) is 10.1. The lowest BCUT2D eigenvalue weighted by molar-refractivity contribution is 0.171.